The first-order valence-electron chi connectivity index (χ1n) is 8.81. The summed E-state index contributed by atoms with van der Waals surface area (Å²) in [5, 5.41) is 0. The molecule has 0 aliphatic carbocycles. The van der Waals surface area contributed by atoms with Crippen molar-refractivity contribution in [3.63, 3.8) is 0 Å². The zero-order chi connectivity index (χ0) is 20.4. The van der Waals surface area contributed by atoms with Crippen molar-refractivity contribution in [2.75, 3.05) is 25.5 Å². The van der Waals surface area contributed by atoms with Crippen molar-refractivity contribution in [3.8, 4) is 0 Å². The minimum absolute atomic E-state index is 0.145. The van der Waals surface area contributed by atoms with Gasteiger partial charge in [-0.2, -0.15) is 13.2 Å². The second-order valence-electron chi connectivity index (χ2n) is 6.82. The summed E-state index contributed by atoms with van der Waals surface area (Å²) in [6.07, 6.45) is -2.65. The summed E-state index contributed by atoms with van der Waals surface area (Å²) in [4.78, 5) is 8.04. The molecular weight excluding hydrogens is 351 g/mol. The van der Waals surface area contributed by atoms with E-state index in [0.717, 1.165) is 40.7 Å². The highest BCUT2D eigenvalue weighted by Crippen LogP contribution is 2.40. The molecule has 0 aromatic heterocycles. The lowest BCUT2D eigenvalue weighted by Crippen LogP contribution is -2.17. The van der Waals surface area contributed by atoms with Gasteiger partial charge in [0.15, 0.2) is 0 Å². The average Bonchev–Trinajstić information content (AvgIpc) is 2.60. The quantitative estimate of drug-likeness (QED) is 0.469. The van der Waals surface area contributed by atoms with Crippen LogP contribution in [-0.4, -0.2) is 31.9 Å². The van der Waals surface area contributed by atoms with E-state index in [1.807, 2.05) is 44.9 Å². The highest BCUT2D eigenvalue weighted by atomic mass is 19.4. The number of benzene rings is 2. The monoisotopic (exact) mass is 377 g/mol. The lowest BCUT2D eigenvalue weighted by molar-refractivity contribution is -0.137. The van der Waals surface area contributed by atoms with Crippen LogP contribution >= 0.6 is 0 Å². The summed E-state index contributed by atoms with van der Waals surface area (Å²) < 4.78 is 40.4. The van der Waals surface area contributed by atoms with Crippen LogP contribution in [0.15, 0.2) is 35.3 Å². The summed E-state index contributed by atoms with van der Waals surface area (Å²) in [6, 6.07) is 7.99. The molecule has 0 aliphatic heterocycles. The fourth-order valence-corrected chi connectivity index (χ4v) is 2.82. The summed E-state index contributed by atoms with van der Waals surface area (Å²) in [5.74, 6) is 0. The lowest BCUT2D eigenvalue weighted by atomic mass is 10.0. The van der Waals surface area contributed by atoms with Gasteiger partial charge in [0.05, 0.1) is 23.3 Å². The molecule has 0 bridgehead atoms. The molecule has 0 atom stereocenters. The second-order valence-corrected chi connectivity index (χ2v) is 6.82. The van der Waals surface area contributed by atoms with Crippen LogP contribution in [0.25, 0.3) is 0 Å². The Morgan fingerprint density at radius 2 is 1.63 bits per heavy atom. The predicted molar refractivity (Wildman–Crippen MR) is 107 cm³/mol. The standard InChI is InChI=1S/C21H26F3N3/c1-7-26(5)13-25-18-11-16(4)19(12-15(18)3)27(6)20-10-14(2)8-9-17(20)21(22,23)24/h8-13H,7H2,1-6H3. The molecule has 3 nitrogen and oxygen atoms in total. The molecule has 0 amide bonds. The number of hydrogen-bond donors (Lipinski definition) is 0. The highest BCUT2D eigenvalue weighted by Gasteiger charge is 2.34. The first-order chi connectivity index (χ1) is 12.5. The molecule has 0 fully saturated rings. The number of aliphatic imine (C=N–C) groups is 1. The van der Waals surface area contributed by atoms with Crippen LogP contribution in [0.2, 0.25) is 0 Å². The van der Waals surface area contributed by atoms with Gasteiger partial charge in [0.1, 0.15) is 0 Å². The van der Waals surface area contributed by atoms with Gasteiger partial charge in [-0.1, -0.05) is 6.07 Å². The zero-order valence-electron chi connectivity index (χ0n) is 16.6. The summed E-state index contributed by atoms with van der Waals surface area (Å²) in [5.41, 5.74) is 3.60. The van der Waals surface area contributed by atoms with E-state index < -0.39 is 11.7 Å². The Balaban J connectivity index is 2.49. The summed E-state index contributed by atoms with van der Waals surface area (Å²) in [7, 11) is 3.60. The zero-order valence-corrected chi connectivity index (χ0v) is 16.6. The first-order valence-corrected chi connectivity index (χ1v) is 8.81. The van der Waals surface area contributed by atoms with Crippen molar-refractivity contribution < 1.29 is 13.2 Å². The number of rotatable bonds is 5. The molecule has 0 aliphatic rings. The number of halogens is 3. The smallest absolute Gasteiger partial charge is 0.366 e. The Hall–Kier alpha value is -2.50. The molecule has 6 heteroatoms. The molecule has 146 valence electrons. The Bertz CT molecular complexity index is 841. The van der Waals surface area contributed by atoms with E-state index in [1.165, 1.54) is 6.07 Å². The Kier molecular flexibility index (Phi) is 6.19. The molecule has 0 saturated heterocycles. The van der Waals surface area contributed by atoms with Gasteiger partial charge in [-0.15, -0.1) is 0 Å². The van der Waals surface area contributed by atoms with Gasteiger partial charge in [0, 0.05) is 26.3 Å². The number of hydrogen-bond acceptors (Lipinski definition) is 2. The largest absolute Gasteiger partial charge is 0.418 e. The van der Waals surface area contributed by atoms with Gasteiger partial charge in [0.25, 0.3) is 0 Å². The Morgan fingerprint density at radius 1 is 0.963 bits per heavy atom. The molecule has 0 unspecified atom stereocenters. The molecule has 2 rings (SSSR count). The fraction of sp³-hybridized carbons (Fsp3) is 0.381. The normalized spacial score (nSPS) is 11.9. The maximum atomic E-state index is 13.5. The SMILES string of the molecule is CCN(C)C=Nc1cc(C)c(N(C)c2cc(C)ccc2C(F)(F)F)cc1C. The van der Waals surface area contributed by atoms with Gasteiger partial charge >= 0.3 is 6.18 Å². The van der Waals surface area contributed by atoms with Crippen LogP contribution in [0.5, 0.6) is 0 Å². The van der Waals surface area contributed by atoms with Crippen LogP contribution in [0.1, 0.15) is 29.2 Å². The van der Waals surface area contributed by atoms with Gasteiger partial charge in [-0.05, 0) is 68.7 Å². The minimum atomic E-state index is -4.41. The van der Waals surface area contributed by atoms with E-state index in [9.17, 15) is 13.2 Å². The van der Waals surface area contributed by atoms with E-state index in [4.69, 9.17) is 0 Å². The van der Waals surface area contributed by atoms with Crippen molar-refractivity contribution in [1.29, 1.82) is 0 Å². The number of anilines is 2. The molecule has 2 aromatic carbocycles. The van der Waals surface area contributed by atoms with Gasteiger partial charge < -0.3 is 9.80 Å². The third-order valence-electron chi connectivity index (χ3n) is 4.59. The van der Waals surface area contributed by atoms with E-state index in [0.29, 0.717) is 0 Å². The topological polar surface area (TPSA) is 18.8 Å². The third-order valence-corrected chi connectivity index (χ3v) is 4.59. The van der Waals surface area contributed by atoms with Crippen molar-refractivity contribution in [2.24, 2.45) is 4.99 Å². The van der Waals surface area contributed by atoms with Crippen molar-refractivity contribution in [3.05, 3.63) is 52.6 Å². The molecule has 0 N–H and O–H groups in total. The van der Waals surface area contributed by atoms with Crippen molar-refractivity contribution in [1.82, 2.24) is 4.90 Å². The van der Waals surface area contributed by atoms with Crippen LogP contribution < -0.4 is 4.90 Å². The lowest BCUT2D eigenvalue weighted by Gasteiger charge is -2.26. The van der Waals surface area contributed by atoms with Gasteiger partial charge in [-0.3, -0.25) is 0 Å². The maximum absolute atomic E-state index is 13.5. The molecular formula is C21H26F3N3. The Morgan fingerprint density at radius 3 is 2.22 bits per heavy atom. The highest BCUT2D eigenvalue weighted by molar-refractivity contribution is 5.74. The molecule has 27 heavy (non-hydrogen) atoms. The van der Waals surface area contributed by atoms with Gasteiger partial charge in [0.2, 0.25) is 0 Å². The third kappa shape index (κ3) is 4.81. The summed E-state index contributed by atoms with van der Waals surface area (Å²) >= 11 is 0. The van der Waals surface area contributed by atoms with Gasteiger partial charge in [-0.25, -0.2) is 4.99 Å². The number of alkyl halides is 3. The maximum Gasteiger partial charge on any atom is 0.418 e. The van der Waals surface area contributed by atoms with E-state index >= 15 is 0 Å². The van der Waals surface area contributed by atoms with Crippen LogP contribution in [0, 0.1) is 20.8 Å². The average molecular weight is 377 g/mol. The molecule has 0 spiro atoms. The first kappa shape index (κ1) is 20.8. The molecule has 0 heterocycles. The fourth-order valence-electron chi connectivity index (χ4n) is 2.82. The van der Waals surface area contributed by atoms with E-state index in [1.54, 1.807) is 31.3 Å². The van der Waals surface area contributed by atoms with Crippen LogP contribution in [0.4, 0.5) is 30.2 Å². The minimum Gasteiger partial charge on any atom is -0.366 e. The van der Waals surface area contributed by atoms with Crippen molar-refractivity contribution in [2.45, 2.75) is 33.9 Å². The Labute approximate surface area is 159 Å². The molecule has 2 aromatic rings. The van der Waals surface area contributed by atoms with Crippen molar-refractivity contribution >= 4 is 23.4 Å². The summed E-state index contributed by atoms with van der Waals surface area (Å²) in [6.45, 7) is 8.46. The van der Waals surface area contributed by atoms with E-state index in [2.05, 4.69) is 4.99 Å². The van der Waals surface area contributed by atoms with E-state index in [-0.39, 0.29) is 5.69 Å². The molecule has 0 saturated carbocycles. The van der Waals surface area contributed by atoms with Crippen LogP contribution in [0.3, 0.4) is 0 Å². The van der Waals surface area contributed by atoms with Crippen LogP contribution in [-0.2, 0) is 6.18 Å². The second kappa shape index (κ2) is 8.03. The number of aryl methyl sites for hydroxylation is 3. The predicted octanol–water partition coefficient (Wildman–Crippen LogP) is 6.01. The molecule has 0 radical (unpaired) electrons. The number of nitrogens with zero attached hydrogens (tertiary/aromatic N) is 3.